The molecule has 3 heteroatoms. The van der Waals surface area contributed by atoms with Gasteiger partial charge < -0.3 is 10.1 Å². The third-order valence-corrected chi connectivity index (χ3v) is 5.46. The van der Waals surface area contributed by atoms with Crippen LogP contribution in [0.2, 0.25) is 0 Å². The first kappa shape index (κ1) is 17.2. The van der Waals surface area contributed by atoms with Crippen molar-refractivity contribution in [1.82, 2.24) is 10.2 Å². The Hall–Kier alpha value is -0.120. The summed E-state index contributed by atoms with van der Waals surface area (Å²) in [6.07, 6.45) is 6.83. The molecule has 2 fully saturated rings. The second-order valence-electron chi connectivity index (χ2n) is 8.16. The molecule has 1 aliphatic carbocycles. The van der Waals surface area contributed by atoms with E-state index in [1.165, 1.54) is 45.2 Å². The Morgan fingerprint density at radius 2 is 2.14 bits per heavy atom. The zero-order valence-corrected chi connectivity index (χ0v) is 14.7. The molecule has 0 spiro atoms. The monoisotopic (exact) mass is 296 g/mol. The highest BCUT2D eigenvalue weighted by molar-refractivity contribution is 4.94. The lowest BCUT2D eigenvalue weighted by molar-refractivity contribution is -0.0750. The molecule has 0 aromatic heterocycles. The van der Waals surface area contributed by atoms with Gasteiger partial charge >= 0.3 is 0 Å². The van der Waals surface area contributed by atoms with Gasteiger partial charge in [0.2, 0.25) is 0 Å². The molecule has 0 bridgehead atoms. The minimum atomic E-state index is 0.191. The first-order chi connectivity index (χ1) is 9.97. The summed E-state index contributed by atoms with van der Waals surface area (Å²) in [7, 11) is 0. The van der Waals surface area contributed by atoms with E-state index in [1.54, 1.807) is 0 Å². The summed E-state index contributed by atoms with van der Waals surface area (Å²) in [6.45, 7) is 15.8. The minimum absolute atomic E-state index is 0.191. The highest BCUT2D eigenvalue weighted by Gasteiger charge is 2.40. The summed E-state index contributed by atoms with van der Waals surface area (Å²) in [4.78, 5) is 2.70. The minimum Gasteiger partial charge on any atom is -0.378 e. The molecule has 1 heterocycles. The predicted molar refractivity (Wildman–Crippen MR) is 89.7 cm³/mol. The van der Waals surface area contributed by atoms with Crippen LogP contribution < -0.4 is 5.32 Å². The Bertz CT molecular complexity index is 318. The highest BCUT2D eigenvalue weighted by atomic mass is 16.5. The Morgan fingerprint density at radius 3 is 2.81 bits per heavy atom. The van der Waals surface area contributed by atoms with Crippen LogP contribution in [0.25, 0.3) is 0 Å². The maximum atomic E-state index is 5.70. The second-order valence-corrected chi connectivity index (χ2v) is 8.16. The van der Waals surface area contributed by atoms with E-state index < -0.39 is 0 Å². The molecule has 1 saturated heterocycles. The number of morpholine rings is 1. The smallest absolute Gasteiger partial charge is 0.0645 e. The van der Waals surface area contributed by atoms with Crippen molar-refractivity contribution in [1.29, 1.82) is 0 Å². The third kappa shape index (κ3) is 4.67. The Kier molecular flexibility index (Phi) is 6.10. The van der Waals surface area contributed by atoms with Gasteiger partial charge in [0.1, 0.15) is 0 Å². The maximum absolute atomic E-state index is 5.70. The van der Waals surface area contributed by atoms with E-state index in [2.05, 4.69) is 37.9 Å². The van der Waals surface area contributed by atoms with E-state index in [-0.39, 0.29) is 5.54 Å². The van der Waals surface area contributed by atoms with Crippen LogP contribution in [0.5, 0.6) is 0 Å². The van der Waals surface area contributed by atoms with Crippen molar-refractivity contribution in [2.75, 3.05) is 39.4 Å². The summed E-state index contributed by atoms with van der Waals surface area (Å²) >= 11 is 0. The fourth-order valence-electron chi connectivity index (χ4n) is 4.25. The second kappa shape index (κ2) is 7.43. The predicted octanol–water partition coefficient (Wildman–Crippen LogP) is 3.29. The number of rotatable bonds is 6. The standard InChI is InChI=1S/C18H36N2O/c1-5-9-19-13-18(8-6-7-16(2)12-18)14-20-10-11-21-15-17(20,3)4/h16,19H,5-15H2,1-4H3. The van der Waals surface area contributed by atoms with Gasteiger partial charge in [0.25, 0.3) is 0 Å². The van der Waals surface area contributed by atoms with Crippen LogP contribution in [-0.2, 0) is 4.74 Å². The molecule has 3 nitrogen and oxygen atoms in total. The normalized spacial score (nSPS) is 34.0. The van der Waals surface area contributed by atoms with Gasteiger partial charge in [0.05, 0.1) is 13.2 Å². The lowest BCUT2D eigenvalue weighted by Crippen LogP contribution is -2.58. The number of nitrogens with zero attached hydrogens (tertiary/aromatic N) is 1. The van der Waals surface area contributed by atoms with Crippen LogP contribution in [0, 0.1) is 11.3 Å². The molecular weight excluding hydrogens is 260 g/mol. The molecule has 0 amide bonds. The fraction of sp³-hybridized carbons (Fsp3) is 1.00. The van der Waals surface area contributed by atoms with Crippen LogP contribution in [0.3, 0.4) is 0 Å². The molecule has 2 rings (SSSR count). The van der Waals surface area contributed by atoms with Gasteiger partial charge in [-0.3, -0.25) is 4.90 Å². The summed E-state index contributed by atoms with van der Waals surface area (Å²) in [5, 5.41) is 3.73. The zero-order valence-electron chi connectivity index (χ0n) is 14.7. The van der Waals surface area contributed by atoms with Gasteiger partial charge in [0.15, 0.2) is 0 Å². The van der Waals surface area contributed by atoms with Crippen LogP contribution in [0.4, 0.5) is 0 Å². The average Bonchev–Trinajstić information content (AvgIpc) is 2.42. The average molecular weight is 296 g/mol. The van der Waals surface area contributed by atoms with Crippen LogP contribution >= 0.6 is 0 Å². The van der Waals surface area contributed by atoms with Crippen molar-refractivity contribution in [3.8, 4) is 0 Å². The van der Waals surface area contributed by atoms with Crippen molar-refractivity contribution in [2.24, 2.45) is 11.3 Å². The molecule has 2 unspecified atom stereocenters. The van der Waals surface area contributed by atoms with Crippen LogP contribution in [0.15, 0.2) is 0 Å². The number of ether oxygens (including phenoxy) is 1. The fourth-order valence-corrected chi connectivity index (χ4v) is 4.25. The highest BCUT2D eigenvalue weighted by Crippen LogP contribution is 2.41. The quantitative estimate of drug-likeness (QED) is 0.761. The first-order valence-corrected chi connectivity index (χ1v) is 9.01. The van der Waals surface area contributed by atoms with Crippen molar-refractivity contribution in [2.45, 2.75) is 65.3 Å². The SMILES string of the molecule is CCCNCC1(CN2CCOCC2(C)C)CCCC(C)C1. The van der Waals surface area contributed by atoms with Gasteiger partial charge in [-0.2, -0.15) is 0 Å². The van der Waals surface area contributed by atoms with Gasteiger partial charge in [-0.15, -0.1) is 0 Å². The molecule has 21 heavy (non-hydrogen) atoms. The van der Waals surface area contributed by atoms with E-state index in [0.29, 0.717) is 5.41 Å². The Labute approximate surface area is 131 Å². The molecule has 2 aliphatic rings. The third-order valence-electron chi connectivity index (χ3n) is 5.46. The van der Waals surface area contributed by atoms with E-state index >= 15 is 0 Å². The zero-order chi connectivity index (χ0) is 15.3. The van der Waals surface area contributed by atoms with Crippen molar-refractivity contribution < 1.29 is 4.74 Å². The number of hydrogen-bond donors (Lipinski definition) is 1. The Morgan fingerprint density at radius 1 is 1.33 bits per heavy atom. The van der Waals surface area contributed by atoms with E-state index in [4.69, 9.17) is 4.74 Å². The molecule has 1 aliphatic heterocycles. The first-order valence-electron chi connectivity index (χ1n) is 9.01. The number of nitrogens with one attached hydrogen (secondary N) is 1. The molecule has 0 radical (unpaired) electrons. The molecule has 2 atom stereocenters. The van der Waals surface area contributed by atoms with Crippen LogP contribution in [0.1, 0.15) is 59.8 Å². The largest absolute Gasteiger partial charge is 0.378 e. The molecule has 1 N–H and O–H groups in total. The van der Waals surface area contributed by atoms with Gasteiger partial charge in [0, 0.05) is 25.2 Å². The lowest BCUT2D eigenvalue weighted by Gasteiger charge is -2.49. The van der Waals surface area contributed by atoms with Crippen LogP contribution in [-0.4, -0.2) is 49.8 Å². The van der Waals surface area contributed by atoms with Crippen molar-refractivity contribution in [3.63, 3.8) is 0 Å². The molecule has 1 saturated carbocycles. The van der Waals surface area contributed by atoms with Crippen molar-refractivity contribution >= 4 is 0 Å². The summed E-state index contributed by atoms with van der Waals surface area (Å²) in [5.41, 5.74) is 0.665. The summed E-state index contributed by atoms with van der Waals surface area (Å²) < 4.78 is 5.70. The molecule has 0 aromatic carbocycles. The van der Waals surface area contributed by atoms with E-state index in [1.807, 2.05) is 0 Å². The lowest BCUT2D eigenvalue weighted by atomic mass is 9.69. The number of hydrogen-bond acceptors (Lipinski definition) is 3. The summed E-state index contributed by atoms with van der Waals surface area (Å²) in [5.74, 6) is 0.881. The van der Waals surface area contributed by atoms with Gasteiger partial charge in [-0.25, -0.2) is 0 Å². The van der Waals surface area contributed by atoms with E-state index in [0.717, 1.165) is 32.2 Å². The summed E-state index contributed by atoms with van der Waals surface area (Å²) in [6, 6.07) is 0. The molecule has 124 valence electrons. The van der Waals surface area contributed by atoms with Crippen molar-refractivity contribution in [3.05, 3.63) is 0 Å². The maximum Gasteiger partial charge on any atom is 0.0645 e. The molecular formula is C18H36N2O. The van der Waals surface area contributed by atoms with Gasteiger partial charge in [-0.1, -0.05) is 26.7 Å². The molecule has 0 aromatic rings. The topological polar surface area (TPSA) is 24.5 Å². The Balaban J connectivity index is 2.03. The van der Waals surface area contributed by atoms with E-state index in [9.17, 15) is 0 Å². The van der Waals surface area contributed by atoms with Gasteiger partial charge in [-0.05, 0) is 51.0 Å².